The summed E-state index contributed by atoms with van der Waals surface area (Å²) in [6.07, 6.45) is 0. The topological polar surface area (TPSA) is 35.6 Å². The zero-order chi connectivity index (χ0) is 19.3. The van der Waals surface area contributed by atoms with Crippen molar-refractivity contribution in [2.45, 2.75) is 13.5 Å². The van der Waals surface area contributed by atoms with Crippen LogP contribution in [0, 0.1) is 6.92 Å². The monoisotopic (exact) mass is 373 g/mol. The summed E-state index contributed by atoms with van der Waals surface area (Å²) in [7, 11) is 0. The smallest absolute Gasteiger partial charge is 0.238 e. The van der Waals surface area contributed by atoms with Crippen LogP contribution in [0.3, 0.4) is 0 Å². The van der Waals surface area contributed by atoms with Crippen LogP contribution in [0.15, 0.2) is 66.7 Å². The highest BCUT2D eigenvalue weighted by atomic mass is 16.2. The Bertz CT molecular complexity index is 938. The van der Waals surface area contributed by atoms with Crippen molar-refractivity contribution < 1.29 is 4.79 Å². The van der Waals surface area contributed by atoms with E-state index in [-0.39, 0.29) is 5.91 Å². The molecule has 0 saturated carbocycles. The van der Waals surface area contributed by atoms with E-state index in [4.69, 9.17) is 0 Å². The first kappa shape index (κ1) is 18.7. The molecule has 4 nitrogen and oxygen atoms in total. The number of hydrogen-bond donors (Lipinski definition) is 1. The molecule has 1 aliphatic heterocycles. The number of amides is 1. The van der Waals surface area contributed by atoms with Crippen LogP contribution in [0.25, 0.3) is 10.8 Å². The lowest BCUT2D eigenvalue weighted by Crippen LogP contribution is -2.48. The van der Waals surface area contributed by atoms with Gasteiger partial charge in [0, 0.05) is 38.4 Å². The molecular weight excluding hydrogens is 346 g/mol. The van der Waals surface area contributed by atoms with Gasteiger partial charge in [-0.25, -0.2) is 0 Å². The third-order valence-electron chi connectivity index (χ3n) is 5.44. The van der Waals surface area contributed by atoms with E-state index in [1.54, 1.807) is 0 Å². The first-order valence-corrected chi connectivity index (χ1v) is 9.95. The lowest BCUT2D eigenvalue weighted by molar-refractivity contribution is -0.117. The highest BCUT2D eigenvalue weighted by Gasteiger charge is 2.19. The second kappa shape index (κ2) is 8.55. The molecule has 3 aromatic rings. The van der Waals surface area contributed by atoms with Gasteiger partial charge in [0.15, 0.2) is 0 Å². The van der Waals surface area contributed by atoms with Gasteiger partial charge < -0.3 is 5.32 Å². The Morgan fingerprint density at radius 2 is 1.54 bits per heavy atom. The fourth-order valence-corrected chi connectivity index (χ4v) is 3.82. The highest BCUT2D eigenvalue weighted by molar-refractivity contribution is 5.92. The molecule has 3 aromatic carbocycles. The average molecular weight is 374 g/mol. The van der Waals surface area contributed by atoms with Gasteiger partial charge in [-0.3, -0.25) is 14.6 Å². The van der Waals surface area contributed by atoms with Gasteiger partial charge in [-0.1, -0.05) is 60.2 Å². The SMILES string of the molecule is Cc1ccc(NC(=O)CN2CCN(Cc3cccc4ccccc34)CC2)cc1. The lowest BCUT2D eigenvalue weighted by atomic mass is 10.0. The molecule has 4 rings (SSSR count). The van der Waals surface area contributed by atoms with E-state index in [0.29, 0.717) is 6.54 Å². The number of piperazine rings is 1. The molecule has 1 fully saturated rings. The highest BCUT2D eigenvalue weighted by Crippen LogP contribution is 2.20. The minimum atomic E-state index is 0.0614. The first-order chi connectivity index (χ1) is 13.7. The van der Waals surface area contributed by atoms with Crippen LogP contribution in [0.1, 0.15) is 11.1 Å². The summed E-state index contributed by atoms with van der Waals surface area (Å²) in [6.45, 7) is 7.28. The molecular formula is C24H27N3O. The summed E-state index contributed by atoms with van der Waals surface area (Å²) in [5.74, 6) is 0.0614. The Kier molecular flexibility index (Phi) is 5.70. The predicted octanol–water partition coefficient (Wildman–Crippen LogP) is 3.90. The maximum absolute atomic E-state index is 12.3. The maximum Gasteiger partial charge on any atom is 0.238 e. The van der Waals surface area contributed by atoms with Crippen LogP contribution in [0.5, 0.6) is 0 Å². The van der Waals surface area contributed by atoms with E-state index in [1.165, 1.54) is 21.9 Å². The van der Waals surface area contributed by atoms with Crippen molar-refractivity contribution in [3.05, 3.63) is 77.9 Å². The molecule has 144 valence electrons. The minimum Gasteiger partial charge on any atom is -0.325 e. The van der Waals surface area contributed by atoms with Crippen molar-refractivity contribution in [3.8, 4) is 0 Å². The Balaban J connectivity index is 1.28. The van der Waals surface area contributed by atoms with E-state index in [2.05, 4.69) is 57.6 Å². The first-order valence-electron chi connectivity index (χ1n) is 9.95. The van der Waals surface area contributed by atoms with Gasteiger partial charge in [0.1, 0.15) is 0 Å². The summed E-state index contributed by atoms with van der Waals surface area (Å²) in [4.78, 5) is 17.0. The summed E-state index contributed by atoms with van der Waals surface area (Å²) in [5, 5.41) is 5.63. The molecule has 28 heavy (non-hydrogen) atoms. The third kappa shape index (κ3) is 4.58. The van der Waals surface area contributed by atoms with Gasteiger partial charge in [0.25, 0.3) is 0 Å². The van der Waals surface area contributed by atoms with Crippen molar-refractivity contribution >= 4 is 22.4 Å². The molecule has 1 N–H and O–H groups in total. The van der Waals surface area contributed by atoms with Crippen molar-refractivity contribution in [3.63, 3.8) is 0 Å². The number of anilines is 1. The lowest BCUT2D eigenvalue weighted by Gasteiger charge is -2.34. The molecule has 4 heteroatoms. The van der Waals surface area contributed by atoms with E-state index in [1.807, 2.05) is 31.2 Å². The van der Waals surface area contributed by atoms with Crippen LogP contribution in [0.2, 0.25) is 0 Å². The maximum atomic E-state index is 12.3. The molecule has 0 atom stereocenters. The zero-order valence-electron chi connectivity index (χ0n) is 16.4. The fraction of sp³-hybridized carbons (Fsp3) is 0.292. The molecule has 1 aliphatic rings. The molecule has 1 heterocycles. The Hall–Kier alpha value is -2.69. The Morgan fingerprint density at radius 3 is 2.32 bits per heavy atom. The number of nitrogens with one attached hydrogen (secondary N) is 1. The summed E-state index contributed by atoms with van der Waals surface area (Å²) in [6, 6.07) is 23.0. The van der Waals surface area contributed by atoms with Crippen LogP contribution in [0.4, 0.5) is 5.69 Å². The number of carbonyl (C=O) groups is 1. The number of hydrogen-bond acceptors (Lipinski definition) is 3. The molecule has 1 amide bonds. The van der Waals surface area contributed by atoms with Crippen molar-refractivity contribution in [1.29, 1.82) is 0 Å². The number of fused-ring (bicyclic) bond motifs is 1. The van der Waals surface area contributed by atoms with Crippen LogP contribution in [-0.4, -0.2) is 48.4 Å². The molecule has 0 spiro atoms. The van der Waals surface area contributed by atoms with Crippen LogP contribution >= 0.6 is 0 Å². The van der Waals surface area contributed by atoms with Crippen LogP contribution in [-0.2, 0) is 11.3 Å². The van der Waals surface area contributed by atoms with Gasteiger partial charge >= 0.3 is 0 Å². The molecule has 0 aromatic heterocycles. The molecule has 0 aliphatic carbocycles. The minimum absolute atomic E-state index is 0.0614. The van der Waals surface area contributed by atoms with E-state index in [9.17, 15) is 4.79 Å². The second-order valence-electron chi connectivity index (χ2n) is 7.60. The third-order valence-corrected chi connectivity index (χ3v) is 5.44. The molecule has 0 unspecified atom stereocenters. The van der Waals surface area contributed by atoms with Gasteiger partial charge in [0.05, 0.1) is 6.54 Å². The molecule has 0 bridgehead atoms. The van der Waals surface area contributed by atoms with Crippen molar-refractivity contribution in [2.75, 3.05) is 38.0 Å². The molecule has 1 saturated heterocycles. The standard InChI is InChI=1S/C24H27N3O/c1-19-9-11-22(12-10-19)25-24(28)18-27-15-13-26(14-16-27)17-21-7-4-6-20-5-2-3-8-23(20)21/h2-12H,13-18H2,1H3,(H,25,28). The fourth-order valence-electron chi connectivity index (χ4n) is 3.82. The van der Waals surface area contributed by atoms with E-state index < -0.39 is 0 Å². The van der Waals surface area contributed by atoms with Gasteiger partial charge in [-0.05, 0) is 35.4 Å². The molecule has 0 radical (unpaired) electrons. The normalized spacial score (nSPS) is 15.6. The van der Waals surface area contributed by atoms with Crippen molar-refractivity contribution in [2.24, 2.45) is 0 Å². The van der Waals surface area contributed by atoms with Crippen molar-refractivity contribution in [1.82, 2.24) is 9.80 Å². The van der Waals surface area contributed by atoms with E-state index in [0.717, 1.165) is 38.4 Å². The quantitative estimate of drug-likeness (QED) is 0.737. The van der Waals surface area contributed by atoms with E-state index >= 15 is 0 Å². The number of nitrogens with zero attached hydrogens (tertiary/aromatic N) is 2. The summed E-state index contributed by atoms with van der Waals surface area (Å²) in [5.41, 5.74) is 3.44. The zero-order valence-corrected chi connectivity index (χ0v) is 16.4. The van der Waals surface area contributed by atoms with Gasteiger partial charge in [-0.15, -0.1) is 0 Å². The largest absolute Gasteiger partial charge is 0.325 e. The van der Waals surface area contributed by atoms with Gasteiger partial charge in [-0.2, -0.15) is 0 Å². The predicted molar refractivity (Wildman–Crippen MR) is 115 cm³/mol. The Morgan fingerprint density at radius 1 is 0.857 bits per heavy atom. The second-order valence-corrected chi connectivity index (χ2v) is 7.60. The van der Waals surface area contributed by atoms with Crippen LogP contribution < -0.4 is 5.32 Å². The number of carbonyl (C=O) groups excluding carboxylic acids is 1. The summed E-state index contributed by atoms with van der Waals surface area (Å²) < 4.78 is 0. The summed E-state index contributed by atoms with van der Waals surface area (Å²) >= 11 is 0. The number of aryl methyl sites for hydroxylation is 1. The Labute approximate surface area is 166 Å². The number of benzene rings is 3. The number of rotatable bonds is 5. The van der Waals surface area contributed by atoms with Gasteiger partial charge in [0.2, 0.25) is 5.91 Å². The average Bonchev–Trinajstić information content (AvgIpc) is 2.71.